The van der Waals surface area contributed by atoms with E-state index >= 15 is 0 Å². The Kier molecular flexibility index (Phi) is 8.23. The molecule has 27 heavy (non-hydrogen) atoms. The third-order valence-corrected chi connectivity index (χ3v) is 3.27. The maximum atomic E-state index is 11.6. The Morgan fingerprint density at radius 3 is 1.67 bits per heavy atom. The molecule has 152 valence electrons. The van der Waals surface area contributed by atoms with E-state index in [0.29, 0.717) is 0 Å². The van der Waals surface area contributed by atoms with Gasteiger partial charge in [0, 0.05) is 27.7 Å². The summed E-state index contributed by atoms with van der Waals surface area (Å²) in [4.78, 5) is 45.8. The van der Waals surface area contributed by atoms with Crippen LogP contribution in [-0.4, -0.2) is 61.2 Å². The van der Waals surface area contributed by atoms with Gasteiger partial charge in [-0.25, -0.2) is 0 Å². The standard InChI is InChI=1S/C17H24O10/c1-8(2)23-17-16(26-12(6)21)15(25-11(5)20)14(24-10(4)19)13(27-17)7-22-9(3)18/h13-17H,1,7H2,2-6H3/t13-,14+,15+,16-,17?/m1/s1. The van der Waals surface area contributed by atoms with E-state index in [9.17, 15) is 19.2 Å². The number of allylic oxidation sites excluding steroid dienone is 1. The largest absolute Gasteiger partial charge is 0.466 e. The third kappa shape index (κ3) is 7.26. The summed E-state index contributed by atoms with van der Waals surface area (Å²) in [6.07, 6.45) is -5.99. The Labute approximate surface area is 156 Å². The molecule has 5 atom stereocenters. The lowest BCUT2D eigenvalue weighted by molar-refractivity contribution is -0.299. The van der Waals surface area contributed by atoms with E-state index in [1.54, 1.807) is 0 Å². The first-order valence-corrected chi connectivity index (χ1v) is 8.14. The first-order valence-electron chi connectivity index (χ1n) is 8.14. The summed E-state index contributed by atoms with van der Waals surface area (Å²) < 4.78 is 31.7. The molecular formula is C17H24O10. The summed E-state index contributed by atoms with van der Waals surface area (Å²) >= 11 is 0. The molecule has 1 fully saturated rings. The monoisotopic (exact) mass is 388 g/mol. The molecule has 1 rings (SSSR count). The minimum Gasteiger partial charge on any atom is -0.466 e. The van der Waals surface area contributed by atoms with Gasteiger partial charge in [-0.2, -0.15) is 0 Å². The number of carbonyl (C=O) groups is 4. The van der Waals surface area contributed by atoms with Crippen molar-refractivity contribution in [2.45, 2.75) is 65.3 Å². The fourth-order valence-corrected chi connectivity index (χ4v) is 2.48. The molecule has 0 spiro atoms. The number of hydrogen-bond acceptors (Lipinski definition) is 10. The molecule has 1 heterocycles. The molecular weight excluding hydrogens is 364 g/mol. The molecule has 10 heteroatoms. The second-order valence-electron chi connectivity index (χ2n) is 5.89. The lowest BCUT2D eigenvalue weighted by Gasteiger charge is -2.43. The Balaban J connectivity index is 3.29. The summed E-state index contributed by atoms with van der Waals surface area (Å²) in [6, 6.07) is 0. The average Bonchev–Trinajstić information content (AvgIpc) is 2.49. The first kappa shape index (κ1) is 22.4. The van der Waals surface area contributed by atoms with Crippen LogP contribution in [0, 0.1) is 0 Å². The fourth-order valence-electron chi connectivity index (χ4n) is 2.48. The summed E-state index contributed by atoms with van der Waals surface area (Å²) in [7, 11) is 0. The van der Waals surface area contributed by atoms with Crippen molar-refractivity contribution < 1.29 is 47.6 Å². The van der Waals surface area contributed by atoms with Crippen LogP contribution in [0.25, 0.3) is 0 Å². The van der Waals surface area contributed by atoms with Crippen LogP contribution >= 0.6 is 0 Å². The van der Waals surface area contributed by atoms with Gasteiger partial charge in [-0.1, -0.05) is 6.58 Å². The van der Waals surface area contributed by atoms with Crippen LogP contribution in [0.2, 0.25) is 0 Å². The van der Waals surface area contributed by atoms with E-state index in [0.717, 1.165) is 20.8 Å². The second kappa shape index (κ2) is 9.91. The van der Waals surface area contributed by atoms with Crippen LogP contribution in [0.5, 0.6) is 0 Å². The Morgan fingerprint density at radius 1 is 0.741 bits per heavy atom. The van der Waals surface area contributed by atoms with Gasteiger partial charge in [-0.3, -0.25) is 19.2 Å². The minimum absolute atomic E-state index is 0.232. The van der Waals surface area contributed by atoms with Crippen molar-refractivity contribution in [1.29, 1.82) is 0 Å². The molecule has 1 aliphatic rings. The SMILES string of the molecule is C=C(C)OC1O[C@H](COC(C)=O)[C@H](OC(C)=O)[C@H](OC(C)=O)[C@H]1OC(C)=O. The number of ether oxygens (including phenoxy) is 6. The molecule has 0 bridgehead atoms. The zero-order valence-electron chi connectivity index (χ0n) is 15.9. The number of hydrogen-bond donors (Lipinski definition) is 0. The quantitative estimate of drug-likeness (QED) is 0.348. The highest BCUT2D eigenvalue weighted by Gasteiger charge is 2.53. The van der Waals surface area contributed by atoms with E-state index in [2.05, 4.69) is 6.58 Å². The van der Waals surface area contributed by atoms with Gasteiger partial charge >= 0.3 is 23.9 Å². The van der Waals surface area contributed by atoms with Crippen LogP contribution in [0.15, 0.2) is 12.3 Å². The smallest absolute Gasteiger partial charge is 0.303 e. The molecule has 0 radical (unpaired) electrons. The lowest BCUT2D eigenvalue weighted by Crippen LogP contribution is -2.62. The molecule has 0 aromatic carbocycles. The highest BCUT2D eigenvalue weighted by Crippen LogP contribution is 2.30. The topological polar surface area (TPSA) is 124 Å². The summed E-state index contributed by atoms with van der Waals surface area (Å²) in [5.74, 6) is -2.47. The van der Waals surface area contributed by atoms with Crippen molar-refractivity contribution in [2.24, 2.45) is 0 Å². The van der Waals surface area contributed by atoms with Gasteiger partial charge in [0.15, 0.2) is 12.2 Å². The number of esters is 4. The molecule has 10 nitrogen and oxygen atoms in total. The Hall–Kier alpha value is -2.62. The number of carbonyl (C=O) groups excluding carboxylic acids is 4. The van der Waals surface area contributed by atoms with E-state index in [4.69, 9.17) is 28.4 Å². The van der Waals surface area contributed by atoms with Gasteiger partial charge < -0.3 is 28.4 Å². The molecule has 0 aromatic rings. The fraction of sp³-hybridized carbons (Fsp3) is 0.647. The molecule has 0 amide bonds. The molecule has 1 saturated heterocycles. The highest BCUT2D eigenvalue weighted by atomic mass is 16.7. The van der Waals surface area contributed by atoms with E-state index in [1.807, 2.05) is 0 Å². The molecule has 0 saturated carbocycles. The first-order chi connectivity index (χ1) is 12.5. The molecule has 1 unspecified atom stereocenters. The summed E-state index contributed by atoms with van der Waals surface area (Å²) in [5, 5.41) is 0. The average molecular weight is 388 g/mol. The van der Waals surface area contributed by atoms with Crippen LogP contribution in [0.1, 0.15) is 34.6 Å². The van der Waals surface area contributed by atoms with Crippen molar-refractivity contribution in [3.63, 3.8) is 0 Å². The van der Waals surface area contributed by atoms with E-state index in [1.165, 1.54) is 13.8 Å². The predicted octanol–water partition coefficient (Wildman–Crippen LogP) is 0.620. The lowest BCUT2D eigenvalue weighted by atomic mass is 9.98. The van der Waals surface area contributed by atoms with Crippen molar-refractivity contribution in [1.82, 2.24) is 0 Å². The molecule has 0 N–H and O–H groups in total. The van der Waals surface area contributed by atoms with Crippen LogP contribution in [0.3, 0.4) is 0 Å². The Bertz CT molecular complexity index is 599. The zero-order chi connectivity index (χ0) is 20.7. The molecule has 1 aliphatic heterocycles. The third-order valence-electron chi connectivity index (χ3n) is 3.27. The highest BCUT2D eigenvalue weighted by molar-refractivity contribution is 5.68. The van der Waals surface area contributed by atoms with E-state index < -0.39 is 54.6 Å². The minimum atomic E-state index is -1.26. The normalized spacial score (nSPS) is 27.1. The maximum absolute atomic E-state index is 11.6. The second-order valence-corrected chi connectivity index (χ2v) is 5.89. The van der Waals surface area contributed by atoms with Gasteiger partial charge in [0.25, 0.3) is 0 Å². The van der Waals surface area contributed by atoms with Crippen molar-refractivity contribution in [2.75, 3.05) is 6.61 Å². The van der Waals surface area contributed by atoms with Crippen LogP contribution in [-0.2, 0) is 47.6 Å². The summed E-state index contributed by atoms with van der Waals surface area (Å²) in [6.45, 7) is 9.44. The zero-order valence-corrected chi connectivity index (χ0v) is 15.9. The molecule has 0 aliphatic carbocycles. The van der Waals surface area contributed by atoms with Crippen molar-refractivity contribution in [3.05, 3.63) is 12.3 Å². The predicted molar refractivity (Wildman–Crippen MR) is 87.9 cm³/mol. The molecule has 0 aromatic heterocycles. The van der Waals surface area contributed by atoms with Gasteiger partial charge in [0.2, 0.25) is 12.4 Å². The maximum Gasteiger partial charge on any atom is 0.303 e. The van der Waals surface area contributed by atoms with Crippen molar-refractivity contribution >= 4 is 23.9 Å². The van der Waals surface area contributed by atoms with Gasteiger partial charge in [0.05, 0.1) is 5.76 Å². The van der Waals surface area contributed by atoms with Crippen LogP contribution < -0.4 is 0 Å². The van der Waals surface area contributed by atoms with Crippen LogP contribution in [0.4, 0.5) is 0 Å². The number of rotatable bonds is 7. The van der Waals surface area contributed by atoms with Gasteiger partial charge in [0.1, 0.15) is 12.7 Å². The Morgan fingerprint density at radius 2 is 1.22 bits per heavy atom. The van der Waals surface area contributed by atoms with E-state index in [-0.39, 0.29) is 12.4 Å². The van der Waals surface area contributed by atoms with Crippen molar-refractivity contribution in [3.8, 4) is 0 Å². The van der Waals surface area contributed by atoms with Gasteiger partial charge in [-0.05, 0) is 6.92 Å². The van der Waals surface area contributed by atoms with Gasteiger partial charge in [-0.15, -0.1) is 0 Å². The summed E-state index contributed by atoms with van der Waals surface area (Å²) in [5.41, 5.74) is 0.